The number of hydrogen-bond acceptors (Lipinski definition) is 3. The van der Waals surface area contributed by atoms with Gasteiger partial charge in [0.05, 0.1) is 6.61 Å². The van der Waals surface area contributed by atoms with Crippen LogP contribution in [0.3, 0.4) is 0 Å². The summed E-state index contributed by atoms with van der Waals surface area (Å²) in [5, 5.41) is 3.57. The second-order valence-electron chi connectivity index (χ2n) is 5.29. The van der Waals surface area contributed by atoms with Gasteiger partial charge in [-0.1, -0.05) is 6.07 Å². The molecule has 1 aromatic carbocycles. The maximum atomic E-state index is 13.3. The van der Waals surface area contributed by atoms with E-state index >= 15 is 0 Å². The van der Waals surface area contributed by atoms with E-state index in [-0.39, 0.29) is 5.82 Å². The number of nitrogens with zero attached hydrogens (tertiary/aromatic N) is 1. The Morgan fingerprint density at radius 3 is 3.11 bits per heavy atom. The molecule has 1 aliphatic rings. The standard InChI is InChI=1S/C15H23FN2O/c1-12(11-19-2)17-14-6-4-8-18(10-14)15-7-3-5-13(16)9-15/h3,5,7,9,12,14,17H,4,6,8,10-11H2,1-2H3/t12-,14-/m0/s1. The lowest BCUT2D eigenvalue weighted by Crippen LogP contribution is -2.49. The van der Waals surface area contributed by atoms with Crippen molar-refractivity contribution in [3.63, 3.8) is 0 Å². The normalized spacial score (nSPS) is 21.4. The fraction of sp³-hybridized carbons (Fsp3) is 0.600. The smallest absolute Gasteiger partial charge is 0.125 e. The van der Waals surface area contributed by atoms with Gasteiger partial charge in [0.25, 0.3) is 0 Å². The number of hydrogen-bond donors (Lipinski definition) is 1. The van der Waals surface area contributed by atoms with Crippen molar-refractivity contribution in [2.75, 3.05) is 31.7 Å². The summed E-state index contributed by atoms with van der Waals surface area (Å²) >= 11 is 0. The summed E-state index contributed by atoms with van der Waals surface area (Å²) in [4.78, 5) is 2.25. The molecule has 0 aliphatic carbocycles. The number of benzene rings is 1. The summed E-state index contributed by atoms with van der Waals surface area (Å²) in [7, 11) is 1.72. The van der Waals surface area contributed by atoms with E-state index in [0.717, 1.165) is 31.8 Å². The Kier molecular flexibility index (Phi) is 5.16. The molecule has 2 atom stereocenters. The summed E-state index contributed by atoms with van der Waals surface area (Å²) in [6.45, 7) is 4.78. The molecule has 4 heteroatoms. The minimum absolute atomic E-state index is 0.166. The average molecular weight is 266 g/mol. The van der Waals surface area contributed by atoms with Crippen molar-refractivity contribution in [3.8, 4) is 0 Å². The molecule has 0 aromatic heterocycles. The van der Waals surface area contributed by atoms with Crippen LogP contribution in [0.1, 0.15) is 19.8 Å². The van der Waals surface area contributed by atoms with Crippen molar-refractivity contribution >= 4 is 5.69 Å². The first-order valence-corrected chi connectivity index (χ1v) is 6.94. The first-order chi connectivity index (χ1) is 9.19. The van der Waals surface area contributed by atoms with Gasteiger partial charge in [0, 0.05) is 38.0 Å². The van der Waals surface area contributed by atoms with E-state index in [1.807, 2.05) is 6.07 Å². The summed E-state index contributed by atoms with van der Waals surface area (Å²) in [6.07, 6.45) is 2.30. The molecule has 0 saturated carbocycles. The van der Waals surface area contributed by atoms with Gasteiger partial charge in [0.1, 0.15) is 5.82 Å². The molecule has 106 valence electrons. The number of ether oxygens (including phenoxy) is 1. The zero-order valence-corrected chi connectivity index (χ0v) is 11.7. The van der Waals surface area contributed by atoms with E-state index < -0.39 is 0 Å². The molecule has 0 radical (unpaired) electrons. The molecule has 3 nitrogen and oxygen atoms in total. The lowest BCUT2D eigenvalue weighted by molar-refractivity contribution is 0.164. The highest BCUT2D eigenvalue weighted by atomic mass is 19.1. The molecule has 1 saturated heterocycles. The van der Waals surface area contributed by atoms with Crippen molar-refractivity contribution in [1.82, 2.24) is 5.32 Å². The zero-order valence-electron chi connectivity index (χ0n) is 11.7. The summed E-state index contributed by atoms with van der Waals surface area (Å²) in [6, 6.07) is 7.65. The van der Waals surface area contributed by atoms with Crippen molar-refractivity contribution < 1.29 is 9.13 Å². The molecule has 0 bridgehead atoms. The Morgan fingerprint density at radius 1 is 1.53 bits per heavy atom. The molecule has 2 rings (SSSR count). The molecule has 1 aliphatic heterocycles. The fourth-order valence-corrected chi connectivity index (χ4v) is 2.72. The van der Waals surface area contributed by atoms with E-state index in [1.165, 1.54) is 12.5 Å². The molecule has 0 unspecified atom stereocenters. The Morgan fingerprint density at radius 2 is 2.37 bits per heavy atom. The van der Waals surface area contributed by atoms with Gasteiger partial charge in [-0.05, 0) is 38.0 Å². The number of anilines is 1. The first-order valence-electron chi connectivity index (χ1n) is 6.94. The Balaban J connectivity index is 1.93. The van der Waals surface area contributed by atoms with Gasteiger partial charge >= 0.3 is 0 Å². The van der Waals surface area contributed by atoms with E-state index in [4.69, 9.17) is 4.74 Å². The van der Waals surface area contributed by atoms with Crippen LogP contribution in [0.25, 0.3) is 0 Å². The van der Waals surface area contributed by atoms with Gasteiger partial charge in [0.15, 0.2) is 0 Å². The van der Waals surface area contributed by atoms with Crippen molar-refractivity contribution in [3.05, 3.63) is 30.1 Å². The predicted molar refractivity (Wildman–Crippen MR) is 76.1 cm³/mol. The molecule has 1 fully saturated rings. The number of nitrogens with one attached hydrogen (secondary N) is 1. The van der Waals surface area contributed by atoms with E-state index in [2.05, 4.69) is 17.1 Å². The monoisotopic (exact) mass is 266 g/mol. The van der Waals surface area contributed by atoms with E-state index in [0.29, 0.717) is 12.1 Å². The Bertz CT molecular complexity index is 399. The lowest BCUT2D eigenvalue weighted by atomic mass is 10.0. The van der Waals surface area contributed by atoms with Crippen LogP contribution >= 0.6 is 0 Å². The number of methoxy groups -OCH3 is 1. The SMILES string of the molecule is COC[C@H](C)N[C@H]1CCCN(c2cccc(F)c2)C1. The molecule has 0 amide bonds. The quantitative estimate of drug-likeness (QED) is 0.886. The molecule has 1 aromatic rings. The number of piperidine rings is 1. The van der Waals surface area contributed by atoms with Gasteiger partial charge in [-0.25, -0.2) is 4.39 Å². The number of halogens is 1. The lowest BCUT2D eigenvalue weighted by Gasteiger charge is -2.36. The summed E-state index contributed by atoms with van der Waals surface area (Å²) in [5.74, 6) is -0.166. The van der Waals surface area contributed by atoms with Gasteiger partial charge in [-0.15, -0.1) is 0 Å². The van der Waals surface area contributed by atoms with Gasteiger partial charge in [-0.2, -0.15) is 0 Å². The van der Waals surface area contributed by atoms with Crippen LogP contribution in [0.5, 0.6) is 0 Å². The maximum absolute atomic E-state index is 13.3. The topological polar surface area (TPSA) is 24.5 Å². The average Bonchev–Trinajstić information content (AvgIpc) is 2.39. The van der Waals surface area contributed by atoms with Crippen LogP contribution < -0.4 is 10.2 Å². The second kappa shape index (κ2) is 6.87. The molecule has 1 heterocycles. The predicted octanol–water partition coefficient (Wildman–Crippen LogP) is 2.42. The van der Waals surface area contributed by atoms with Crippen LogP contribution in [0, 0.1) is 5.82 Å². The zero-order chi connectivity index (χ0) is 13.7. The largest absolute Gasteiger partial charge is 0.383 e. The number of rotatable bonds is 5. The summed E-state index contributed by atoms with van der Waals surface area (Å²) in [5.41, 5.74) is 0.978. The third-order valence-corrected chi connectivity index (χ3v) is 3.53. The minimum atomic E-state index is -0.166. The first kappa shape index (κ1) is 14.3. The maximum Gasteiger partial charge on any atom is 0.125 e. The second-order valence-corrected chi connectivity index (χ2v) is 5.29. The van der Waals surface area contributed by atoms with Gasteiger partial charge < -0.3 is 15.0 Å². The fourth-order valence-electron chi connectivity index (χ4n) is 2.72. The molecule has 0 spiro atoms. The van der Waals surface area contributed by atoms with Crippen molar-refractivity contribution in [1.29, 1.82) is 0 Å². The van der Waals surface area contributed by atoms with Crippen molar-refractivity contribution in [2.45, 2.75) is 31.8 Å². The minimum Gasteiger partial charge on any atom is -0.383 e. The Hall–Kier alpha value is -1.13. The van der Waals surface area contributed by atoms with Crippen LogP contribution in [0.15, 0.2) is 24.3 Å². The highest BCUT2D eigenvalue weighted by molar-refractivity contribution is 5.47. The van der Waals surface area contributed by atoms with Crippen LogP contribution in [0.2, 0.25) is 0 Å². The molecular formula is C15H23FN2O. The van der Waals surface area contributed by atoms with Crippen molar-refractivity contribution in [2.24, 2.45) is 0 Å². The summed E-state index contributed by atoms with van der Waals surface area (Å²) < 4.78 is 18.4. The van der Waals surface area contributed by atoms with Gasteiger partial charge in [-0.3, -0.25) is 0 Å². The van der Waals surface area contributed by atoms with E-state index in [1.54, 1.807) is 19.2 Å². The third kappa shape index (κ3) is 4.18. The van der Waals surface area contributed by atoms with E-state index in [9.17, 15) is 4.39 Å². The Labute approximate surface area is 114 Å². The van der Waals surface area contributed by atoms with Crippen LogP contribution in [-0.2, 0) is 4.74 Å². The highest BCUT2D eigenvalue weighted by Gasteiger charge is 2.21. The van der Waals surface area contributed by atoms with Crippen LogP contribution in [0.4, 0.5) is 10.1 Å². The van der Waals surface area contributed by atoms with Gasteiger partial charge in [0.2, 0.25) is 0 Å². The highest BCUT2D eigenvalue weighted by Crippen LogP contribution is 2.20. The molecular weight excluding hydrogens is 243 g/mol. The molecule has 1 N–H and O–H groups in total. The van der Waals surface area contributed by atoms with Crippen LogP contribution in [-0.4, -0.2) is 38.9 Å². The third-order valence-electron chi connectivity index (χ3n) is 3.53. The molecule has 19 heavy (non-hydrogen) atoms.